The summed E-state index contributed by atoms with van der Waals surface area (Å²) in [5.41, 5.74) is 0. The monoisotopic (exact) mass is 270 g/mol. The Balaban J connectivity index is 3.28. The molecule has 3 nitrogen and oxygen atoms in total. The van der Waals surface area contributed by atoms with Crippen LogP contribution >= 0.6 is 10.7 Å². The van der Waals surface area contributed by atoms with Crippen molar-refractivity contribution in [3.63, 3.8) is 0 Å². The van der Waals surface area contributed by atoms with Crippen LogP contribution in [0.3, 0.4) is 0 Å². The molecule has 0 radical (unpaired) electrons. The van der Waals surface area contributed by atoms with Gasteiger partial charge in [0.1, 0.15) is 10.7 Å². The van der Waals surface area contributed by atoms with Gasteiger partial charge in [0.05, 0.1) is 6.10 Å². The summed E-state index contributed by atoms with van der Waals surface area (Å²) in [5, 5.41) is 0. The van der Waals surface area contributed by atoms with Crippen LogP contribution in [0.4, 0.5) is 8.78 Å². The van der Waals surface area contributed by atoms with E-state index < -0.39 is 25.6 Å². The second kappa shape index (κ2) is 4.55. The zero-order valence-corrected chi connectivity index (χ0v) is 10.1. The Bertz CT molecular complexity index is 500. The summed E-state index contributed by atoms with van der Waals surface area (Å²) in [6.45, 7) is 3.26. The van der Waals surface area contributed by atoms with Gasteiger partial charge in [0, 0.05) is 22.8 Å². The molecule has 0 unspecified atom stereocenters. The lowest BCUT2D eigenvalue weighted by atomic mass is 10.3. The highest BCUT2D eigenvalue weighted by Gasteiger charge is 2.20. The number of hydrogen-bond acceptors (Lipinski definition) is 3. The van der Waals surface area contributed by atoms with Gasteiger partial charge >= 0.3 is 0 Å². The van der Waals surface area contributed by atoms with E-state index in [-0.39, 0.29) is 11.9 Å². The zero-order chi connectivity index (χ0) is 12.5. The van der Waals surface area contributed by atoms with Crippen molar-refractivity contribution < 1.29 is 21.9 Å². The van der Waals surface area contributed by atoms with Crippen LogP contribution in [0.2, 0.25) is 0 Å². The lowest BCUT2D eigenvalue weighted by Crippen LogP contribution is -2.08. The van der Waals surface area contributed by atoms with Crippen LogP contribution in [0.25, 0.3) is 0 Å². The molecule has 0 N–H and O–H groups in total. The van der Waals surface area contributed by atoms with Gasteiger partial charge in [-0.3, -0.25) is 0 Å². The molecule has 90 valence electrons. The van der Waals surface area contributed by atoms with Gasteiger partial charge in [-0.15, -0.1) is 0 Å². The Morgan fingerprint density at radius 3 is 2.25 bits per heavy atom. The SMILES string of the molecule is CC(C)Oc1cc(F)c(S(=O)(=O)Cl)cc1F. The second-order valence-corrected chi connectivity index (χ2v) is 5.85. The van der Waals surface area contributed by atoms with Gasteiger partial charge in [0.2, 0.25) is 0 Å². The number of ether oxygens (including phenoxy) is 1. The molecule has 0 aromatic heterocycles. The van der Waals surface area contributed by atoms with E-state index in [0.717, 1.165) is 0 Å². The second-order valence-electron chi connectivity index (χ2n) is 3.32. The molecule has 0 aliphatic heterocycles. The van der Waals surface area contributed by atoms with E-state index in [9.17, 15) is 17.2 Å². The van der Waals surface area contributed by atoms with E-state index in [0.29, 0.717) is 12.1 Å². The molecule has 0 saturated carbocycles. The average molecular weight is 271 g/mol. The number of halogens is 3. The third kappa shape index (κ3) is 3.05. The molecule has 0 aliphatic rings. The van der Waals surface area contributed by atoms with Gasteiger partial charge in [-0.1, -0.05) is 0 Å². The van der Waals surface area contributed by atoms with E-state index in [1.54, 1.807) is 13.8 Å². The van der Waals surface area contributed by atoms with E-state index >= 15 is 0 Å². The van der Waals surface area contributed by atoms with Gasteiger partial charge in [-0.25, -0.2) is 17.2 Å². The smallest absolute Gasteiger partial charge is 0.264 e. The fraction of sp³-hybridized carbons (Fsp3) is 0.333. The van der Waals surface area contributed by atoms with Crippen molar-refractivity contribution in [3.8, 4) is 5.75 Å². The summed E-state index contributed by atoms with van der Waals surface area (Å²) in [7, 11) is 0.619. The molecule has 0 bridgehead atoms. The van der Waals surface area contributed by atoms with Crippen molar-refractivity contribution in [1.29, 1.82) is 0 Å². The van der Waals surface area contributed by atoms with E-state index in [2.05, 4.69) is 0 Å². The molecular weight excluding hydrogens is 262 g/mol. The number of hydrogen-bond donors (Lipinski definition) is 0. The van der Waals surface area contributed by atoms with Crippen molar-refractivity contribution in [3.05, 3.63) is 23.8 Å². The summed E-state index contributed by atoms with van der Waals surface area (Å²) in [5.74, 6) is -2.47. The largest absolute Gasteiger partial charge is 0.488 e. The standard InChI is InChI=1S/C9H9ClF2O3S/c1-5(2)15-8-3-7(12)9(4-6(8)11)16(10,13)14/h3-5H,1-2H3. The van der Waals surface area contributed by atoms with E-state index in [1.165, 1.54) is 0 Å². The first-order valence-corrected chi connectivity index (χ1v) is 6.63. The topological polar surface area (TPSA) is 43.4 Å². The molecule has 0 heterocycles. The van der Waals surface area contributed by atoms with Gasteiger partial charge in [0.15, 0.2) is 11.6 Å². The zero-order valence-electron chi connectivity index (χ0n) is 8.50. The third-order valence-corrected chi connectivity index (χ3v) is 2.95. The Morgan fingerprint density at radius 2 is 1.81 bits per heavy atom. The summed E-state index contributed by atoms with van der Waals surface area (Å²) in [6, 6.07) is 1.15. The Kier molecular flexibility index (Phi) is 3.75. The molecular formula is C9H9ClF2O3S. The van der Waals surface area contributed by atoms with Crippen LogP contribution in [-0.4, -0.2) is 14.5 Å². The Hall–Kier alpha value is -0.880. The predicted molar refractivity (Wildman–Crippen MR) is 55.2 cm³/mol. The van der Waals surface area contributed by atoms with Crippen LogP contribution in [0.15, 0.2) is 17.0 Å². The van der Waals surface area contributed by atoms with Crippen LogP contribution in [0, 0.1) is 11.6 Å². The molecule has 1 aromatic rings. The quantitative estimate of drug-likeness (QED) is 0.793. The van der Waals surface area contributed by atoms with Crippen LogP contribution in [0.1, 0.15) is 13.8 Å². The molecule has 1 rings (SSSR count). The van der Waals surface area contributed by atoms with Gasteiger partial charge in [-0.05, 0) is 13.8 Å². The normalized spacial score (nSPS) is 11.9. The molecule has 1 aromatic carbocycles. The Labute approximate surface area is 96.4 Å². The fourth-order valence-corrected chi connectivity index (χ4v) is 1.93. The highest BCUT2D eigenvalue weighted by molar-refractivity contribution is 8.13. The highest BCUT2D eigenvalue weighted by Crippen LogP contribution is 2.27. The maximum Gasteiger partial charge on any atom is 0.264 e. The fourth-order valence-electron chi connectivity index (χ4n) is 1.04. The first-order chi connectivity index (χ1) is 7.21. The summed E-state index contributed by atoms with van der Waals surface area (Å²) in [6.07, 6.45) is -0.354. The minimum absolute atomic E-state index is 0.350. The van der Waals surface area contributed by atoms with Crippen molar-refractivity contribution in [1.82, 2.24) is 0 Å². The molecule has 0 saturated heterocycles. The third-order valence-electron chi connectivity index (χ3n) is 1.61. The van der Waals surface area contributed by atoms with Crippen molar-refractivity contribution in [2.45, 2.75) is 24.8 Å². The molecule has 7 heteroatoms. The Morgan fingerprint density at radius 1 is 1.25 bits per heavy atom. The van der Waals surface area contributed by atoms with Gasteiger partial charge in [0.25, 0.3) is 9.05 Å². The van der Waals surface area contributed by atoms with Gasteiger partial charge < -0.3 is 4.74 Å². The summed E-state index contributed by atoms with van der Waals surface area (Å²) < 4.78 is 53.2. The van der Waals surface area contributed by atoms with E-state index in [4.69, 9.17) is 15.4 Å². The minimum atomic E-state index is -4.30. The van der Waals surface area contributed by atoms with Crippen molar-refractivity contribution in [2.24, 2.45) is 0 Å². The molecule has 0 atom stereocenters. The number of benzene rings is 1. The van der Waals surface area contributed by atoms with Crippen LogP contribution < -0.4 is 4.74 Å². The maximum atomic E-state index is 13.3. The van der Waals surface area contributed by atoms with Crippen LogP contribution in [0.5, 0.6) is 5.75 Å². The lowest BCUT2D eigenvalue weighted by molar-refractivity contribution is 0.229. The molecule has 0 fully saturated rings. The number of rotatable bonds is 3. The maximum absolute atomic E-state index is 13.3. The lowest BCUT2D eigenvalue weighted by Gasteiger charge is -2.11. The molecule has 0 aliphatic carbocycles. The first-order valence-electron chi connectivity index (χ1n) is 4.32. The highest BCUT2D eigenvalue weighted by atomic mass is 35.7. The van der Waals surface area contributed by atoms with Crippen molar-refractivity contribution in [2.75, 3.05) is 0 Å². The van der Waals surface area contributed by atoms with Crippen molar-refractivity contribution >= 4 is 19.7 Å². The first kappa shape index (κ1) is 13.2. The minimum Gasteiger partial charge on any atom is -0.488 e. The molecule has 0 amide bonds. The van der Waals surface area contributed by atoms with Gasteiger partial charge in [-0.2, -0.15) is 0 Å². The van der Waals surface area contributed by atoms with Crippen LogP contribution in [-0.2, 0) is 9.05 Å². The average Bonchev–Trinajstić information content (AvgIpc) is 2.07. The molecule has 0 spiro atoms. The summed E-state index contributed by atoms with van der Waals surface area (Å²) in [4.78, 5) is -0.900. The van der Waals surface area contributed by atoms with E-state index in [1.807, 2.05) is 0 Å². The summed E-state index contributed by atoms with van der Waals surface area (Å²) >= 11 is 0. The predicted octanol–water partition coefficient (Wildman–Crippen LogP) is 2.68. The molecule has 16 heavy (non-hydrogen) atoms.